The predicted octanol–water partition coefficient (Wildman–Crippen LogP) is 1.82. The summed E-state index contributed by atoms with van der Waals surface area (Å²) < 4.78 is 5.58. The van der Waals surface area contributed by atoms with Gasteiger partial charge in [0.25, 0.3) is 0 Å². The highest BCUT2D eigenvalue weighted by Crippen LogP contribution is 2.19. The van der Waals surface area contributed by atoms with Crippen molar-refractivity contribution in [3.63, 3.8) is 0 Å². The topological polar surface area (TPSA) is 47.3 Å². The molecule has 3 heteroatoms. The molecule has 1 fully saturated rings. The smallest absolute Gasteiger partial charge is 0.0576 e. The Kier molecular flexibility index (Phi) is 5.45. The molecule has 0 saturated carbocycles. The number of rotatable bonds is 6. The monoisotopic (exact) mass is 200 g/mol. The summed E-state index contributed by atoms with van der Waals surface area (Å²) in [6.07, 6.45) is 6.41. The molecular weight excluding hydrogens is 176 g/mol. The molecule has 0 radical (unpaired) electrons. The van der Waals surface area contributed by atoms with Crippen LogP contribution >= 0.6 is 0 Å². The molecular formula is C11H24N2O. The maximum atomic E-state index is 5.58. The lowest BCUT2D eigenvalue weighted by atomic mass is 9.98. The molecule has 1 aliphatic heterocycles. The quantitative estimate of drug-likeness (QED) is 0.508. The SMILES string of the molecule is CC(C)CC(CCC1CCCO1)NN. The Balaban J connectivity index is 2.12. The summed E-state index contributed by atoms with van der Waals surface area (Å²) in [5.74, 6) is 6.22. The number of ether oxygens (including phenoxy) is 1. The van der Waals surface area contributed by atoms with Crippen LogP contribution in [0.5, 0.6) is 0 Å². The molecule has 0 bridgehead atoms. The van der Waals surface area contributed by atoms with Gasteiger partial charge < -0.3 is 4.74 Å². The van der Waals surface area contributed by atoms with E-state index in [1.165, 1.54) is 12.8 Å². The maximum absolute atomic E-state index is 5.58. The van der Waals surface area contributed by atoms with Crippen LogP contribution in [-0.2, 0) is 4.74 Å². The summed E-state index contributed by atoms with van der Waals surface area (Å²) in [4.78, 5) is 0. The van der Waals surface area contributed by atoms with Gasteiger partial charge in [0.2, 0.25) is 0 Å². The van der Waals surface area contributed by atoms with Crippen molar-refractivity contribution < 1.29 is 4.74 Å². The van der Waals surface area contributed by atoms with Gasteiger partial charge in [-0.1, -0.05) is 13.8 Å². The summed E-state index contributed by atoms with van der Waals surface area (Å²) in [5, 5.41) is 0. The van der Waals surface area contributed by atoms with Gasteiger partial charge in [0, 0.05) is 12.6 Å². The highest BCUT2D eigenvalue weighted by atomic mass is 16.5. The van der Waals surface area contributed by atoms with Crippen LogP contribution in [0.3, 0.4) is 0 Å². The molecule has 84 valence electrons. The van der Waals surface area contributed by atoms with E-state index < -0.39 is 0 Å². The first-order valence-corrected chi connectivity index (χ1v) is 5.80. The highest BCUT2D eigenvalue weighted by molar-refractivity contribution is 4.71. The van der Waals surface area contributed by atoms with Gasteiger partial charge in [-0.2, -0.15) is 0 Å². The Morgan fingerprint density at radius 2 is 2.29 bits per heavy atom. The fourth-order valence-corrected chi connectivity index (χ4v) is 2.10. The standard InChI is InChI=1S/C11H24N2O/c1-9(2)8-10(13-12)5-6-11-4-3-7-14-11/h9-11,13H,3-8,12H2,1-2H3. The molecule has 1 saturated heterocycles. The summed E-state index contributed by atoms with van der Waals surface area (Å²) in [7, 11) is 0. The van der Waals surface area contributed by atoms with E-state index in [0.29, 0.717) is 18.1 Å². The zero-order valence-corrected chi connectivity index (χ0v) is 9.46. The van der Waals surface area contributed by atoms with E-state index in [4.69, 9.17) is 10.6 Å². The van der Waals surface area contributed by atoms with Crippen molar-refractivity contribution in [1.29, 1.82) is 0 Å². The molecule has 3 N–H and O–H groups in total. The van der Waals surface area contributed by atoms with Crippen molar-refractivity contribution in [1.82, 2.24) is 5.43 Å². The van der Waals surface area contributed by atoms with Crippen LogP contribution < -0.4 is 11.3 Å². The predicted molar refractivity (Wildman–Crippen MR) is 58.8 cm³/mol. The van der Waals surface area contributed by atoms with E-state index in [1.807, 2.05) is 0 Å². The van der Waals surface area contributed by atoms with Crippen LogP contribution in [0.25, 0.3) is 0 Å². The van der Waals surface area contributed by atoms with E-state index in [1.54, 1.807) is 0 Å². The van der Waals surface area contributed by atoms with Crippen molar-refractivity contribution in [3.8, 4) is 0 Å². The third kappa shape index (κ3) is 4.40. The fourth-order valence-electron chi connectivity index (χ4n) is 2.10. The van der Waals surface area contributed by atoms with Gasteiger partial charge in [0.15, 0.2) is 0 Å². The van der Waals surface area contributed by atoms with Crippen molar-refractivity contribution in [3.05, 3.63) is 0 Å². The number of hydrogen-bond donors (Lipinski definition) is 2. The summed E-state index contributed by atoms with van der Waals surface area (Å²) >= 11 is 0. The molecule has 14 heavy (non-hydrogen) atoms. The number of nitrogens with two attached hydrogens (primary N) is 1. The van der Waals surface area contributed by atoms with E-state index in [9.17, 15) is 0 Å². The first-order valence-electron chi connectivity index (χ1n) is 5.80. The molecule has 0 aromatic heterocycles. The minimum absolute atomic E-state index is 0.458. The molecule has 2 atom stereocenters. The molecule has 3 nitrogen and oxygen atoms in total. The van der Waals surface area contributed by atoms with Crippen LogP contribution in [0.2, 0.25) is 0 Å². The van der Waals surface area contributed by atoms with Crippen molar-refractivity contribution >= 4 is 0 Å². The lowest BCUT2D eigenvalue weighted by molar-refractivity contribution is 0.0988. The van der Waals surface area contributed by atoms with Crippen molar-refractivity contribution in [2.45, 2.75) is 58.1 Å². The summed E-state index contributed by atoms with van der Waals surface area (Å²) in [5.41, 5.74) is 2.90. The highest BCUT2D eigenvalue weighted by Gasteiger charge is 2.17. The molecule has 0 aromatic rings. The first-order chi connectivity index (χ1) is 6.72. The second kappa shape index (κ2) is 6.38. The Bertz CT molecular complexity index is 144. The molecule has 0 amide bonds. The van der Waals surface area contributed by atoms with Gasteiger partial charge in [-0.15, -0.1) is 0 Å². The zero-order chi connectivity index (χ0) is 10.4. The summed E-state index contributed by atoms with van der Waals surface area (Å²) in [6, 6.07) is 0.458. The zero-order valence-electron chi connectivity index (χ0n) is 9.46. The van der Waals surface area contributed by atoms with E-state index in [0.717, 1.165) is 25.9 Å². The van der Waals surface area contributed by atoms with Crippen LogP contribution in [0.4, 0.5) is 0 Å². The molecule has 0 aliphatic carbocycles. The normalized spacial score (nSPS) is 24.4. The third-order valence-corrected chi connectivity index (χ3v) is 2.85. The van der Waals surface area contributed by atoms with Crippen LogP contribution in [0, 0.1) is 5.92 Å². The second-order valence-electron chi connectivity index (χ2n) is 4.71. The summed E-state index contributed by atoms with van der Waals surface area (Å²) in [6.45, 7) is 5.42. The minimum Gasteiger partial charge on any atom is -0.378 e. The third-order valence-electron chi connectivity index (χ3n) is 2.85. The van der Waals surface area contributed by atoms with Gasteiger partial charge in [-0.3, -0.25) is 11.3 Å². The largest absolute Gasteiger partial charge is 0.378 e. The van der Waals surface area contributed by atoms with E-state index in [2.05, 4.69) is 19.3 Å². The van der Waals surface area contributed by atoms with Gasteiger partial charge in [0.05, 0.1) is 6.10 Å². The number of hydrazine groups is 1. The van der Waals surface area contributed by atoms with Gasteiger partial charge >= 0.3 is 0 Å². The molecule has 1 heterocycles. The Morgan fingerprint density at radius 1 is 1.50 bits per heavy atom. The first kappa shape index (κ1) is 12.0. The molecule has 0 spiro atoms. The van der Waals surface area contributed by atoms with Crippen molar-refractivity contribution in [2.24, 2.45) is 11.8 Å². The Labute approximate surface area is 87.4 Å². The van der Waals surface area contributed by atoms with Gasteiger partial charge in [-0.05, 0) is 38.0 Å². The van der Waals surface area contributed by atoms with Crippen LogP contribution in [-0.4, -0.2) is 18.8 Å². The fraction of sp³-hybridized carbons (Fsp3) is 1.00. The Hall–Kier alpha value is -0.120. The average molecular weight is 200 g/mol. The van der Waals surface area contributed by atoms with Crippen molar-refractivity contribution in [2.75, 3.05) is 6.61 Å². The lowest BCUT2D eigenvalue weighted by Crippen LogP contribution is -2.36. The number of hydrogen-bond acceptors (Lipinski definition) is 3. The number of nitrogens with one attached hydrogen (secondary N) is 1. The van der Waals surface area contributed by atoms with E-state index >= 15 is 0 Å². The van der Waals surface area contributed by atoms with Gasteiger partial charge in [0.1, 0.15) is 0 Å². The Morgan fingerprint density at radius 3 is 2.79 bits per heavy atom. The average Bonchev–Trinajstić information content (AvgIpc) is 2.64. The maximum Gasteiger partial charge on any atom is 0.0576 e. The van der Waals surface area contributed by atoms with Crippen LogP contribution in [0.15, 0.2) is 0 Å². The molecule has 0 aromatic carbocycles. The van der Waals surface area contributed by atoms with Gasteiger partial charge in [-0.25, -0.2) is 0 Å². The van der Waals surface area contributed by atoms with E-state index in [-0.39, 0.29) is 0 Å². The molecule has 2 unspecified atom stereocenters. The lowest BCUT2D eigenvalue weighted by Gasteiger charge is -2.19. The minimum atomic E-state index is 0.458. The molecule has 1 aliphatic rings. The molecule has 1 rings (SSSR count). The van der Waals surface area contributed by atoms with Crippen LogP contribution in [0.1, 0.15) is 46.0 Å². The second-order valence-corrected chi connectivity index (χ2v) is 4.71.